The highest BCUT2D eigenvalue weighted by Crippen LogP contribution is 2.20. The van der Waals surface area contributed by atoms with Crippen molar-refractivity contribution in [1.82, 2.24) is 20.2 Å². The van der Waals surface area contributed by atoms with Crippen molar-refractivity contribution in [2.75, 3.05) is 0 Å². The summed E-state index contributed by atoms with van der Waals surface area (Å²) in [6.45, 7) is 2.22. The first-order chi connectivity index (χ1) is 16.1. The zero-order valence-corrected chi connectivity index (χ0v) is 17.9. The van der Waals surface area contributed by atoms with E-state index >= 15 is 0 Å². The Balaban J connectivity index is 1.49. The van der Waals surface area contributed by atoms with Crippen LogP contribution in [0, 0.1) is 6.92 Å². The van der Waals surface area contributed by atoms with E-state index < -0.39 is 5.91 Å². The molecule has 0 unspecified atom stereocenters. The van der Waals surface area contributed by atoms with Gasteiger partial charge >= 0.3 is 0 Å². The van der Waals surface area contributed by atoms with Crippen LogP contribution in [0.5, 0.6) is 0 Å². The van der Waals surface area contributed by atoms with Gasteiger partial charge < -0.3 is 4.98 Å². The predicted molar refractivity (Wildman–Crippen MR) is 130 cm³/mol. The lowest BCUT2D eigenvalue weighted by Crippen LogP contribution is -2.29. The average molecular weight is 435 g/mol. The van der Waals surface area contributed by atoms with Gasteiger partial charge in [0.05, 0.1) is 18.1 Å². The zero-order valence-electron chi connectivity index (χ0n) is 17.9. The number of fused-ring (bicyclic) bond motifs is 2. The van der Waals surface area contributed by atoms with E-state index in [1.54, 1.807) is 30.5 Å². The zero-order chi connectivity index (χ0) is 22.8. The fraction of sp³-hybridized carbons (Fsp3) is 0.0769. The summed E-state index contributed by atoms with van der Waals surface area (Å²) in [5.41, 5.74) is 6.25. The molecule has 7 nitrogen and oxygen atoms in total. The molecule has 7 heteroatoms. The van der Waals surface area contributed by atoms with Crippen LogP contribution in [0.15, 0.2) is 88.8 Å². The lowest BCUT2D eigenvalue weighted by molar-refractivity contribution is 0.0949. The minimum absolute atomic E-state index is 0.147. The smallest absolute Gasteiger partial charge is 0.292 e. The molecular weight excluding hydrogens is 414 g/mol. The number of hydrazone groups is 1. The van der Waals surface area contributed by atoms with Gasteiger partial charge in [-0.25, -0.2) is 10.1 Å². The summed E-state index contributed by atoms with van der Waals surface area (Å²) >= 11 is 0. The van der Waals surface area contributed by atoms with E-state index in [0.717, 1.165) is 27.7 Å². The highest BCUT2D eigenvalue weighted by molar-refractivity contribution is 6.05. The van der Waals surface area contributed by atoms with Crippen LogP contribution in [0.3, 0.4) is 0 Å². The van der Waals surface area contributed by atoms with Crippen LogP contribution in [0.4, 0.5) is 0 Å². The number of H-pyrrole nitrogens is 1. The summed E-state index contributed by atoms with van der Waals surface area (Å²) in [4.78, 5) is 29.3. The average Bonchev–Trinajstić information content (AvgIpc) is 3.16. The number of carbonyl (C=O) groups excluding carboxylic acids is 1. The molecule has 1 amide bonds. The normalized spacial score (nSPS) is 11.4. The summed E-state index contributed by atoms with van der Waals surface area (Å²) in [6, 6.07) is 24.4. The van der Waals surface area contributed by atoms with Gasteiger partial charge in [-0.2, -0.15) is 10.2 Å². The number of aromatic amines is 1. The molecule has 0 spiro atoms. The summed E-state index contributed by atoms with van der Waals surface area (Å²) in [6.07, 6.45) is 1.62. The number of nitrogens with one attached hydrogen (secondary N) is 2. The molecule has 0 fully saturated rings. The third kappa shape index (κ3) is 3.92. The van der Waals surface area contributed by atoms with Crippen LogP contribution in [0.25, 0.3) is 21.7 Å². The van der Waals surface area contributed by atoms with E-state index in [1.807, 2.05) is 61.5 Å². The lowest BCUT2D eigenvalue weighted by Gasteiger charge is -2.10. The van der Waals surface area contributed by atoms with E-state index in [0.29, 0.717) is 10.8 Å². The lowest BCUT2D eigenvalue weighted by atomic mass is 10.1. The van der Waals surface area contributed by atoms with Gasteiger partial charge in [0.15, 0.2) is 5.69 Å². The fourth-order valence-corrected chi connectivity index (χ4v) is 3.94. The fourth-order valence-electron chi connectivity index (χ4n) is 3.94. The Bertz CT molecular complexity index is 1560. The van der Waals surface area contributed by atoms with Gasteiger partial charge in [0.1, 0.15) is 0 Å². The van der Waals surface area contributed by atoms with Gasteiger partial charge in [0.2, 0.25) is 0 Å². The highest BCUT2D eigenvalue weighted by atomic mass is 16.2. The van der Waals surface area contributed by atoms with Gasteiger partial charge in [0, 0.05) is 27.5 Å². The largest absolute Gasteiger partial charge is 0.358 e. The molecular formula is C26H21N5O2. The van der Waals surface area contributed by atoms with Gasteiger partial charge in [-0.3, -0.25) is 9.59 Å². The van der Waals surface area contributed by atoms with Crippen molar-refractivity contribution in [2.24, 2.45) is 5.10 Å². The molecule has 5 rings (SSSR count). The Kier molecular flexibility index (Phi) is 5.28. The second-order valence-corrected chi connectivity index (χ2v) is 7.75. The molecule has 0 atom stereocenters. The van der Waals surface area contributed by atoms with Gasteiger partial charge in [0.25, 0.3) is 11.5 Å². The Morgan fingerprint density at radius 1 is 0.970 bits per heavy atom. The van der Waals surface area contributed by atoms with Gasteiger partial charge in [-0.15, -0.1) is 0 Å². The van der Waals surface area contributed by atoms with E-state index in [-0.39, 0.29) is 17.8 Å². The van der Waals surface area contributed by atoms with E-state index in [2.05, 4.69) is 20.6 Å². The Morgan fingerprint density at radius 3 is 2.42 bits per heavy atom. The maximum Gasteiger partial charge on any atom is 0.292 e. The number of aromatic nitrogens is 3. The number of hydrogen-bond acceptors (Lipinski definition) is 4. The monoisotopic (exact) mass is 435 g/mol. The third-order valence-electron chi connectivity index (χ3n) is 5.56. The molecule has 0 aliphatic carbocycles. The molecule has 0 aliphatic rings. The van der Waals surface area contributed by atoms with Gasteiger partial charge in [-0.05, 0) is 24.6 Å². The number of benzene rings is 3. The molecule has 162 valence electrons. The van der Waals surface area contributed by atoms with E-state index in [1.165, 1.54) is 4.68 Å². The molecule has 0 saturated carbocycles. The van der Waals surface area contributed by atoms with Crippen LogP contribution in [0.1, 0.15) is 27.3 Å². The number of rotatable bonds is 5. The number of hydrogen-bond donors (Lipinski definition) is 2. The van der Waals surface area contributed by atoms with Crippen molar-refractivity contribution >= 4 is 33.8 Å². The quantitative estimate of drug-likeness (QED) is 0.323. The molecule has 3 aromatic carbocycles. The molecule has 0 radical (unpaired) electrons. The molecule has 2 aromatic heterocycles. The van der Waals surface area contributed by atoms with Crippen molar-refractivity contribution in [3.8, 4) is 0 Å². The first-order valence-electron chi connectivity index (χ1n) is 10.6. The van der Waals surface area contributed by atoms with Crippen molar-refractivity contribution in [3.05, 3.63) is 112 Å². The molecule has 2 N–H and O–H groups in total. The minimum Gasteiger partial charge on any atom is -0.358 e. The molecule has 2 heterocycles. The number of carbonyl (C=O) groups is 1. The first-order valence-corrected chi connectivity index (χ1v) is 10.6. The van der Waals surface area contributed by atoms with Gasteiger partial charge in [-0.1, -0.05) is 66.7 Å². The van der Waals surface area contributed by atoms with E-state index in [9.17, 15) is 9.59 Å². The number of nitrogens with zero attached hydrogens (tertiary/aromatic N) is 3. The summed E-state index contributed by atoms with van der Waals surface area (Å²) in [7, 11) is 0. The molecule has 0 saturated heterocycles. The minimum atomic E-state index is -0.484. The van der Waals surface area contributed by atoms with Crippen LogP contribution in [-0.4, -0.2) is 26.9 Å². The van der Waals surface area contributed by atoms with Crippen LogP contribution in [-0.2, 0) is 6.54 Å². The predicted octanol–water partition coefficient (Wildman–Crippen LogP) is 4.00. The first kappa shape index (κ1) is 20.4. The van der Waals surface area contributed by atoms with Crippen molar-refractivity contribution in [3.63, 3.8) is 0 Å². The van der Waals surface area contributed by atoms with Crippen LogP contribution in [0.2, 0.25) is 0 Å². The summed E-state index contributed by atoms with van der Waals surface area (Å²) in [5, 5.41) is 10.5. The number of aryl methyl sites for hydroxylation is 1. The Morgan fingerprint density at radius 2 is 1.64 bits per heavy atom. The molecule has 0 aliphatic heterocycles. The summed E-state index contributed by atoms with van der Waals surface area (Å²) < 4.78 is 1.32. The molecule has 33 heavy (non-hydrogen) atoms. The molecule has 5 aromatic rings. The van der Waals surface area contributed by atoms with Crippen LogP contribution >= 0.6 is 0 Å². The maximum atomic E-state index is 13.0. The maximum absolute atomic E-state index is 13.0. The van der Waals surface area contributed by atoms with Crippen molar-refractivity contribution in [1.29, 1.82) is 0 Å². The number of amides is 1. The van der Waals surface area contributed by atoms with Crippen LogP contribution < -0.4 is 11.0 Å². The Hall–Kier alpha value is -4.52. The van der Waals surface area contributed by atoms with Crippen molar-refractivity contribution in [2.45, 2.75) is 13.5 Å². The highest BCUT2D eigenvalue weighted by Gasteiger charge is 2.16. The standard InChI is InChI=1S/C26H21N5O2/c1-17-22(19-11-7-8-14-23(19)28-17)15-27-29-25(32)24-20-12-5-6-13-21(20)26(33)31(30-24)16-18-9-3-2-4-10-18/h2-15,28H,16H2,1H3,(H,29,32)/b27-15+. The Labute approximate surface area is 189 Å². The van der Waals surface area contributed by atoms with E-state index in [4.69, 9.17) is 0 Å². The SMILES string of the molecule is Cc1[nH]c2ccccc2c1/C=N/NC(=O)c1nn(Cc2ccccc2)c(=O)c2ccccc12. The molecule has 0 bridgehead atoms. The third-order valence-corrected chi connectivity index (χ3v) is 5.56. The summed E-state index contributed by atoms with van der Waals surface area (Å²) in [5.74, 6) is -0.484. The van der Waals surface area contributed by atoms with Crippen molar-refractivity contribution < 1.29 is 4.79 Å². The second-order valence-electron chi connectivity index (χ2n) is 7.75. The number of para-hydroxylation sites is 1. The second kappa shape index (κ2) is 8.55. The topological polar surface area (TPSA) is 92.1 Å².